The number of urea groups is 1. The van der Waals surface area contributed by atoms with Crippen molar-refractivity contribution in [2.45, 2.75) is 50.5 Å². The number of amides is 2. The molecule has 0 aliphatic heterocycles. The normalized spacial score (nSPS) is 12.0. The predicted molar refractivity (Wildman–Crippen MR) is 159 cm³/mol. The third-order valence-corrected chi connectivity index (χ3v) is 8.28. The highest BCUT2D eigenvalue weighted by Crippen LogP contribution is 2.29. The van der Waals surface area contributed by atoms with Gasteiger partial charge >= 0.3 is 6.03 Å². The van der Waals surface area contributed by atoms with E-state index in [0.717, 1.165) is 52.1 Å². The first kappa shape index (κ1) is 28.1. The Bertz CT molecular complexity index is 1790. The van der Waals surface area contributed by atoms with Crippen LogP contribution in [-0.4, -0.2) is 35.2 Å². The van der Waals surface area contributed by atoms with E-state index in [4.69, 9.17) is 4.52 Å². The van der Waals surface area contributed by atoms with Gasteiger partial charge in [-0.15, -0.1) is 0 Å². The monoisotopic (exact) mass is 571 g/mol. The molecule has 0 bridgehead atoms. The first-order valence-electron chi connectivity index (χ1n) is 13.4. The molecule has 0 unspecified atom stereocenters. The second-order valence-corrected chi connectivity index (χ2v) is 12.8. The average molecular weight is 572 g/mol. The number of aromatic nitrogens is 3. The van der Waals surface area contributed by atoms with E-state index in [0.29, 0.717) is 17.3 Å². The Labute approximate surface area is 239 Å². The minimum atomic E-state index is -3.24. The van der Waals surface area contributed by atoms with Gasteiger partial charge in [0, 0.05) is 36.0 Å². The van der Waals surface area contributed by atoms with Crippen LogP contribution in [0.2, 0.25) is 0 Å². The lowest BCUT2D eigenvalue weighted by molar-refractivity contribution is 0.250. The molecule has 0 aliphatic carbocycles. The van der Waals surface area contributed by atoms with E-state index in [1.807, 2.05) is 53.2 Å². The molecule has 2 N–H and O–H groups in total. The highest BCUT2D eigenvalue weighted by molar-refractivity contribution is 7.90. The van der Waals surface area contributed by atoms with Crippen LogP contribution in [-0.2, 0) is 21.8 Å². The molecule has 41 heavy (non-hydrogen) atoms. The summed E-state index contributed by atoms with van der Waals surface area (Å²) in [5.74, 6) is 0.318. The number of hydrogen-bond donors (Lipinski definition) is 2. The van der Waals surface area contributed by atoms with Crippen molar-refractivity contribution in [3.63, 3.8) is 0 Å². The predicted octanol–water partition coefficient (Wildman–Crippen LogP) is 6.46. The number of fused-ring (bicyclic) bond motifs is 1. The summed E-state index contributed by atoms with van der Waals surface area (Å²) in [5, 5.41) is 9.68. The van der Waals surface area contributed by atoms with Gasteiger partial charge in [0.2, 0.25) is 5.88 Å². The topological polar surface area (TPSA) is 119 Å². The van der Waals surface area contributed by atoms with Crippen molar-refractivity contribution in [2.24, 2.45) is 0 Å². The van der Waals surface area contributed by atoms with Crippen molar-refractivity contribution in [3.8, 4) is 22.4 Å². The summed E-state index contributed by atoms with van der Waals surface area (Å²) in [6.07, 6.45) is 6.98. The van der Waals surface area contributed by atoms with Crippen LogP contribution >= 0.6 is 0 Å². The molecule has 2 amide bonds. The fourth-order valence-electron chi connectivity index (χ4n) is 4.81. The van der Waals surface area contributed by atoms with Crippen molar-refractivity contribution in [3.05, 3.63) is 90.4 Å². The van der Waals surface area contributed by atoms with Crippen LogP contribution in [0.15, 0.2) is 88.5 Å². The maximum Gasteiger partial charge on any atom is 0.321 e. The lowest BCUT2D eigenvalue weighted by Crippen LogP contribution is -2.28. The Morgan fingerprint density at radius 1 is 0.976 bits per heavy atom. The van der Waals surface area contributed by atoms with Gasteiger partial charge in [0.25, 0.3) is 0 Å². The number of nitrogens with zero attached hydrogens (tertiary/aromatic N) is 3. The quantitative estimate of drug-likeness (QED) is 0.210. The van der Waals surface area contributed by atoms with Gasteiger partial charge in [-0.2, -0.15) is 0 Å². The van der Waals surface area contributed by atoms with Gasteiger partial charge in [-0.05, 0) is 47.4 Å². The Morgan fingerprint density at radius 3 is 2.37 bits per heavy atom. The van der Waals surface area contributed by atoms with Crippen molar-refractivity contribution in [2.75, 3.05) is 11.6 Å². The molecule has 5 rings (SSSR count). The van der Waals surface area contributed by atoms with E-state index in [9.17, 15) is 13.2 Å². The molecule has 5 aromatic rings. The van der Waals surface area contributed by atoms with E-state index >= 15 is 0 Å². The van der Waals surface area contributed by atoms with E-state index in [1.54, 1.807) is 30.3 Å². The number of benzene rings is 2. The Balaban J connectivity index is 1.22. The number of pyridine rings is 1. The van der Waals surface area contributed by atoms with Gasteiger partial charge in [0.05, 0.1) is 22.5 Å². The van der Waals surface area contributed by atoms with Crippen molar-refractivity contribution >= 4 is 27.4 Å². The molecule has 0 spiro atoms. The summed E-state index contributed by atoms with van der Waals surface area (Å²) >= 11 is 0. The van der Waals surface area contributed by atoms with Crippen molar-refractivity contribution in [1.29, 1.82) is 0 Å². The van der Waals surface area contributed by atoms with E-state index < -0.39 is 9.84 Å². The zero-order valence-corrected chi connectivity index (χ0v) is 24.3. The minimum absolute atomic E-state index is 0.118. The van der Waals surface area contributed by atoms with Crippen molar-refractivity contribution in [1.82, 2.24) is 19.9 Å². The summed E-state index contributed by atoms with van der Waals surface area (Å²) < 4.78 is 30.8. The molecule has 0 saturated heterocycles. The Hall–Kier alpha value is -4.44. The first-order valence-corrected chi connectivity index (χ1v) is 15.3. The van der Waals surface area contributed by atoms with E-state index in [1.165, 1.54) is 6.26 Å². The van der Waals surface area contributed by atoms with Crippen LogP contribution in [0.1, 0.15) is 44.9 Å². The highest BCUT2D eigenvalue weighted by atomic mass is 32.2. The van der Waals surface area contributed by atoms with Crippen LogP contribution in [0.4, 0.5) is 10.7 Å². The number of carbonyl (C=O) groups excluding carboxylic acids is 1. The van der Waals surface area contributed by atoms with Gasteiger partial charge in [-0.25, -0.2) is 18.2 Å². The SMILES string of the molecule is CCCC(C)(C)c1cc(NC(=O)NCc2ccc(-c3cnc4cc(-c5ccc(S(C)(=O)=O)cc5)ccn34)cc2)on1. The van der Waals surface area contributed by atoms with E-state index in [-0.39, 0.29) is 11.4 Å². The zero-order valence-electron chi connectivity index (χ0n) is 23.5. The Kier molecular flexibility index (Phi) is 7.68. The van der Waals surface area contributed by atoms with Gasteiger partial charge in [-0.1, -0.05) is 68.7 Å². The molecule has 0 radical (unpaired) electrons. The maximum absolute atomic E-state index is 12.4. The largest absolute Gasteiger partial charge is 0.338 e. The second-order valence-electron chi connectivity index (χ2n) is 10.8. The Morgan fingerprint density at radius 2 is 1.68 bits per heavy atom. The van der Waals surface area contributed by atoms with Gasteiger partial charge in [-0.3, -0.25) is 9.72 Å². The third kappa shape index (κ3) is 6.33. The first-order chi connectivity index (χ1) is 19.5. The van der Waals surface area contributed by atoms with Crippen LogP contribution in [0.3, 0.4) is 0 Å². The maximum atomic E-state index is 12.4. The number of sulfone groups is 1. The van der Waals surface area contributed by atoms with Crippen LogP contribution in [0.5, 0.6) is 0 Å². The van der Waals surface area contributed by atoms with Crippen molar-refractivity contribution < 1.29 is 17.7 Å². The lowest BCUT2D eigenvalue weighted by atomic mass is 9.85. The molecular formula is C31H33N5O4S. The molecule has 212 valence electrons. The molecule has 3 aromatic heterocycles. The number of carbonyl (C=O) groups is 1. The second kappa shape index (κ2) is 11.2. The molecule has 10 heteroatoms. The summed E-state index contributed by atoms with van der Waals surface area (Å²) in [6, 6.07) is 20.1. The highest BCUT2D eigenvalue weighted by Gasteiger charge is 2.24. The lowest BCUT2D eigenvalue weighted by Gasteiger charge is -2.19. The van der Waals surface area contributed by atoms with Gasteiger partial charge in [0.15, 0.2) is 9.84 Å². The fourth-order valence-corrected chi connectivity index (χ4v) is 5.44. The number of nitrogens with one attached hydrogen (secondary N) is 2. The molecule has 9 nitrogen and oxygen atoms in total. The fraction of sp³-hybridized carbons (Fsp3) is 0.258. The van der Waals surface area contributed by atoms with E-state index in [2.05, 4.69) is 41.5 Å². The average Bonchev–Trinajstić information content (AvgIpc) is 3.59. The molecule has 0 atom stereocenters. The number of anilines is 1. The summed E-state index contributed by atoms with van der Waals surface area (Å²) in [6.45, 7) is 6.69. The minimum Gasteiger partial charge on any atom is -0.338 e. The van der Waals surface area contributed by atoms with Crippen LogP contribution in [0.25, 0.3) is 28.0 Å². The van der Waals surface area contributed by atoms with Gasteiger partial charge in [0.1, 0.15) is 5.65 Å². The summed E-state index contributed by atoms with van der Waals surface area (Å²) in [4.78, 5) is 17.3. The summed E-state index contributed by atoms with van der Waals surface area (Å²) in [5.41, 5.74) is 6.20. The smallest absolute Gasteiger partial charge is 0.321 e. The van der Waals surface area contributed by atoms with Gasteiger partial charge < -0.3 is 9.84 Å². The summed E-state index contributed by atoms with van der Waals surface area (Å²) in [7, 11) is -3.24. The van der Waals surface area contributed by atoms with Crippen LogP contribution in [0, 0.1) is 0 Å². The standard InChI is InChI=1S/C31H33N5O4S/c1-5-15-31(2,3)27-18-29(40-35-27)34-30(37)33-19-21-6-8-23(9-7-21)26-20-32-28-17-24(14-16-36(26)28)22-10-12-25(13-11-22)41(4,38)39/h6-14,16-18,20H,5,15,19H2,1-4H3,(H2,33,34,37). The van der Waals surface area contributed by atoms with Crippen LogP contribution < -0.4 is 10.6 Å². The molecule has 0 aliphatic rings. The molecule has 3 heterocycles. The number of rotatable bonds is 9. The number of hydrogen-bond acceptors (Lipinski definition) is 6. The molecule has 0 fully saturated rings. The number of imidazole rings is 1. The molecule has 0 saturated carbocycles. The zero-order chi connectivity index (χ0) is 29.2. The third-order valence-electron chi connectivity index (χ3n) is 7.15. The molecule has 2 aromatic carbocycles. The molecular weight excluding hydrogens is 538 g/mol.